The van der Waals surface area contributed by atoms with Gasteiger partial charge in [-0.2, -0.15) is 0 Å². The highest BCUT2D eigenvalue weighted by molar-refractivity contribution is 5.95. The standard InChI is InChI=1S/C15H22N4O2/c1-10(2)8-11-9-12(17-18-13(11)14(16)20)15(21)19-6-4-3-5-7-19/h9-10H,3-8H2,1-2H3,(H2,16,20). The van der Waals surface area contributed by atoms with Crippen LogP contribution in [0.4, 0.5) is 0 Å². The van der Waals surface area contributed by atoms with E-state index in [-0.39, 0.29) is 11.6 Å². The van der Waals surface area contributed by atoms with Gasteiger partial charge in [-0.15, -0.1) is 10.2 Å². The number of carbonyl (C=O) groups is 2. The van der Waals surface area contributed by atoms with Gasteiger partial charge < -0.3 is 10.6 Å². The maximum atomic E-state index is 12.4. The molecule has 0 unspecified atom stereocenters. The molecule has 1 aliphatic rings. The molecule has 114 valence electrons. The highest BCUT2D eigenvalue weighted by atomic mass is 16.2. The Morgan fingerprint density at radius 1 is 1.24 bits per heavy atom. The fourth-order valence-electron chi connectivity index (χ4n) is 2.60. The summed E-state index contributed by atoms with van der Waals surface area (Å²) in [7, 11) is 0. The van der Waals surface area contributed by atoms with Crippen LogP contribution in [0.1, 0.15) is 59.7 Å². The maximum absolute atomic E-state index is 12.4. The Hall–Kier alpha value is -1.98. The topological polar surface area (TPSA) is 89.2 Å². The molecule has 6 heteroatoms. The van der Waals surface area contributed by atoms with Crippen molar-refractivity contribution < 1.29 is 9.59 Å². The molecule has 2 amide bonds. The van der Waals surface area contributed by atoms with Gasteiger partial charge in [0.15, 0.2) is 11.4 Å². The van der Waals surface area contributed by atoms with Crippen LogP contribution in [-0.4, -0.2) is 40.0 Å². The number of hydrogen-bond donors (Lipinski definition) is 1. The lowest BCUT2D eigenvalue weighted by Crippen LogP contribution is -2.36. The van der Waals surface area contributed by atoms with Gasteiger partial charge in [0.1, 0.15) is 0 Å². The van der Waals surface area contributed by atoms with Crippen molar-refractivity contribution in [2.24, 2.45) is 11.7 Å². The number of hydrogen-bond acceptors (Lipinski definition) is 4. The molecule has 6 nitrogen and oxygen atoms in total. The average Bonchev–Trinajstić information content (AvgIpc) is 2.46. The summed E-state index contributed by atoms with van der Waals surface area (Å²) < 4.78 is 0. The zero-order chi connectivity index (χ0) is 15.4. The van der Waals surface area contributed by atoms with Gasteiger partial charge in [0.2, 0.25) is 0 Å². The predicted molar refractivity (Wildman–Crippen MR) is 78.8 cm³/mol. The maximum Gasteiger partial charge on any atom is 0.274 e. The van der Waals surface area contributed by atoms with E-state index in [9.17, 15) is 9.59 Å². The number of rotatable bonds is 4. The van der Waals surface area contributed by atoms with Crippen molar-refractivity contribution in [1.82, 2.24) is 15.1 Å². The first-order valence-electron chi connectivity index (χ1n) is 7.44. The fourth-order valence-corrected chi connectivity index (χ4v) is 2.60. The molecule has 0 saturated carbocycles. The van der Waals surface area contributed by atoms with Crippen LogP contribution < -0.4 is 5.73 Å². The van der Waals surface area contributed by atoms with Crippen molar-refractivity contribution in [3.8, 4) is 0 Å². The molecule has 1 aromatic rings. The van der Waals surface area contributed by atoms with Crippen molar-refractivity contribution in [2.45, 2.75) is 39.5 Å². The number of aromatic nitrogens is 2. The second kappa shape index (κ2) is 6.65. The number of carbonyl (C=O) groups excluding carboxylic acids is 2. The molecule has 1 saturated heterocycles. The van der Waals surface area contributed by atoms with E-state index in [1.807, 2.05) is 13.8 Å². The van der Waals surface area contributed by atoms with Crippen LogP contribution in [0.25, 0.3) is 0 Å². The number of primary amides is 1. The molecule has 1 aromatic heterocycles. The van der Waals surface area contributed by atoms with Gasteiger partial charge in [0.25, 0.3) is 11.8 Å². The first kappa shape index (κ1) is 15.4. The molecular weight excluding hydrogens is 268 g/mol. The summed E-state index contributed by atoms with van der Waals surface area (Å²) in [5, 5.41) is 7.78. The van der Waals surface area contributed by atoms with Gasteiger partial charge in [0.05, 0.1) is 0 Å². The van der Waals surface area contributed by atoms with E-state index in [0.29, 0.717) is 23.6 Å². The summed E-state index contributed by atoms with van der Waals surface area (Å²) >= 11 is 0. The smallest absolute Gasteiger partial charge is 0.274 e. The summed E-state index contributed by atoms with van der Waals surface area (Å²) in [4.78, 5) is 25.6. The number of nitrogens with zero attached hydrogens (tertiary/aromatic N) is 3. The van der Waals surface area contributed by atoms with Gasteiger partial charge in [-0.05, 0) is 43.2 Å². The summed E-state index contributed by atoms with van der Waals surface area (Å²) in [5.41, 5.74) is 6.49. The van der Waals surface area contributed by atoms with Crippen LogP contribution in [0.3, 0.4) is 0 Å². The Bertz CT molecular complexity index is 536. The molecular formula is C15H22N4O2. The Balaban J connectivity index is 2.27. The summed E-state index contributed by atoms with van der Waals surface area (Å²) in [5.74, 6) is -0.372. The fraction of sp³-hybridized carbons (Fsp3) is 0.600. The van der Waals surface area contributed by atoms with Crippen LogP contribution in [0.2, 0.25) is 0 Å². The minimum atomic E-state index is -0.602. The molecule has 0 atom stereocenters. The monoisotopic (exact) mass is 290 g/mol. The van der Waals surface area contributed by atoms with E-state index in [2.05, 4.69) is 10.2 Å². The molecule has 0 radical (unpaired) electrons. The Morgan fingerprint density at radius 3 is 2.48 bits per heavy atom. The first-order chi connectivity index (χ1) is 9.99. The normalized spacial score (nSPS) is 15.3. The van der Waals surface area contributed by atoms with Crippen molar-refractivity contribution >= 4 is 11.8 Å². The summed E-state index contributed by atoms with van der Waals surface area (Å²) in [6.07, 6.45) is 3.86. The van der Waals surface area contributed by atoms with E-state index in [0.717, 1.165) is 32.4 Å². The second-order valence-corrected chi connectivity index (χ2v) is 5.92. The lowest BCUT2D eigenvalue weighted by Gasteiger charge is -2.26. The van der Waals surface area contributed by atoms with Crippen LogP contribution in [0.15, 0.2) is 6.07 Å². The molecule has 2 N–H and O–H groups in total. The molecule has 1 aliphatic heterocycles. The highest BCUT2D eigenvalue weighted by Crippen LogP contribution is 2.16. The van der Waals surface area contributed by atoms with Crippen molar-refractivity contribution in [3.63, 3.8) is 0 Å². The lowest BCUT2D eigenvalue weighted by molar-refractivity contribution is 0.0716. The van der Waals surface area contributed by atoms with E-state index < -0.39 is 5.91 Å². The van der Waals surface area contributed by atoms with Crippen LogP contribution in [0.5, 0.6) is 0 Å². The van der Waals surface area contributed by atoms with Gasteiger partial charge in [0, 0.05) is 13.1 Å². The van der Waals surface area contributed by atoms with E-state index in [1.54, 1.807) is 11.0 Å². The average molecular weight is 290 g/mol. The third kappa shape index (κ3) is 3.77. The Labute approximate surface area is 124 Å². The predicted octanol–water partition coefficient (Wildman–Crippen LogP) is 1.40. The van der Waals surface area contributed by atoms with Gasteiger partial charge in [-0.25, -0.2) is 0 Å². The highest BCUT2D eigenvalue weighted by Gasteiger charge is 2.22. The van der Waals surface area contributed by atoms with Crippen LogP contribution in [0, 0.1) is 5.92 Å². The molecule has 2 rings (SSSR count). The SMILES string of the molecule is CC(C)Cc1cc(C(=O)N2CCCCC2)nnc1C(N)=O. The van der Waals surface area contributed by atoms with Crippen LogP contribution >= 0.6 is 0 Å². The molecule has 2 heterocycles. The quantitative estimate of drug-likeness (QED) is 0.907. The van der Waals surface area contributed by atoms with E-state index in [4.69, 9.17) is 5.73 Å². The zero-order valence-corrected chi connectivity index (χ0v) is 12.6. The van der Waals surface area contributed by atoms with Gasteiger partial charge in [-0.3, -0.25) is 9.59 Å². The van der Waals surface area contributed by atoms with Crippen molar-refractivity contribution in [3.05, 3.63) is 23.0 Å². The van der Waals surface area contributed by atoms with E-state index in [1.165, 1.54) is 0 Å². The van der Waals surface area contributed by atoms with Crippen LogP contribution in [-0.2, 0) is 6.42 Å². The molecule has 0 aliphatic carbocycles. The Kier molecular flexibility index (Phi) is 4.88. The van der Waals surface area contributed by atoms with Crippen molar-refractivity contribution in [1.29, 1.82) is 0 Å². The van der Waals surface area contributed by atoms with Crippen molar-refractivity contribution in [2.75, 3.05) is 13.1 Å². The summed E-state index contributed by atoms with van der Waals surface area (Å²) in [6.45, 7) is 5.60. The molecule has 21 heavy (non-hydrogen) atoms. The number of amides is 2. The zero-order valence-electron chi connectivity index (χ0n) is 12.6. The third-order valence-corrected chi connectivity index (χ3v) is 3.60. The Morgan fingerprint density at radius 2 is 1.90 bits per heavy atom. The van der Waals surface area contributed by atoms with E-state index >= 15 is 0 Å². The lowest BCUT2D eigenvalue weighted by atomic mass is 10.0. The number of nitrogens with two attached hydrogens (primary N) is 1. The molecule has 1 fully saturated rings. The third-order valence-electron chi connectivity index (χ3n) is 3.60. The van der Waals surface area contributed by atoms with Gasteiger partial charge >= 0.3 is 0 Å². The minimum Gasteiger partial charge on any atom is -0.364 e. The largest absolute Gasteiger partial charge is 0.364 e. The van der Waals surface area contributed by atoms with Gasteiger partial charge in [-0.1, -0.05) is 13.8 Å². The number of likely N-dealkylation sites (tertiary alicyclic amines) is 1. The second-order valence-electron chi connectivity index (χ2n) is 5.92. The molecule has 0 spiro atoms. The summed E-state index contributed by atoms with van der Waals surface area (Å²) in [6, 6.07) is 1.67. The minimum absolute atomic E-state index is 0.108. The molecule has 0 bridgehead atoms. The molecule has 0 aromatic carbocycles. The number of piperidine rings is 1. The first-order valence-corrected chi connectivity index (χ1v) is 7.44.